The van der Waals surface area contributed by atoms with Gasteiger partial charge in [-0.05, 0) is 30.9 Å². The zero-order chi connectivity index (χ0) is 17.9. The van der Waals surface area contributed by atoms with Gasteiger partial charge in [0.1, 0.15) is 0 Å². The minimum Gasteiger partial charge on any atom is -0.436 e. The summed E-state index contributed by atoms with van der Waals surface area (Å²) in [5, 5.41) is 0. The van der Waals surface area contributed by atoms with Crippen LogP contribution in [-0.4, -0.2) is 28.9 Å². The maximum Gasteiger partial charge on any atom is 0.254 e. The molecule has 26 heavy (non-hydrogen) atoms. The van der Waals surface area contributed by atoms with E-state index in [2.05, 4.69) is 11.9 Å². The van der Waals surface area contributed by atoms with E-state index in [1.54, 1.807) is 6.20 Å². The summed E-state index contributed by atoms with van der Waals surface area (Å²) in [5.41, 5.74) is 2.38. The summed E-state index contributed by atoms with van der Waals surface area (Å²) in [6.07, 6.45) is 3.84. The molecule has 2 aromatic carbocycles. The fourth-order valence-corrected chi connectivity index (χ4v) is 3.37. The lowest BCUT2D eigenvalue weighted by molar-refractivity contribution is 0.0698. The molecule has 3 aromatic rings. The quantitative estimate of drug-likeness (QED) is 0.679. The lowest BCUT2D eigenvalue weighted by Crippen LogP contribution is -2.38. The van der Waals surface area contributed by atoms with E-state index >= 15 is 0 Å². The van der Waals surface area contributed by atoms with Crippen LogP contribution in [0.4, 0.5) is 0 Å². The Morgan fingerprint density at radius 1 is 1.04 bits per heavy atom. The van der Waals surface area contributed by atoms with Gasteiger partial charge in [0.05, 0.1) is 11.8 Å². The van der Waals surface area contributed by atoms with Crippen LogP contribution in [0.3, 0.4) is 0 Å². The molecule has 4 nitrogen and oxygen atoms in total. The van der Waals surface area contributed by atoms with Gasteiger partial charge in [0, 0.05) is 24.2 Å². The molecular weight excluding hydrogens is 324 g/mol. The van der Waals surface area contributed by atoms with Gasteiger partial charge in [-0.25, -0.2) is 4.98 Å². The summed E-state index contributed by atoms with van der Waals surface area (Å²) < 4.78 is 5.97. The molecule has 1 amide bonds. The molecule has 4 rings (SSSR count). The first kappa shape index (κ1) is 16.6. The molecule has 1 aliphatic heterocycles. The fraction of sp³-hybridized carbons (Fsp3) is 0.273. The van der Waals surface area contributed by atoms with Crippen LogP contribution in [-0.2, 0) is 0 Å². The van der Waals surface area contributed by atoms with Gasteiger partial charge in [-0.2, -0.15) is 0 Å². The second kappa shape index (κ2) is 7.16. The number of hydrogen-bond acceptors (Lipinski definition) is 3. The predicted octanol–water partition coefficient (Wildman–Crippen LogP) is 4.88. The van der Waals surface area contributed by atoms with Gasteiger partial charge in [0.25, 0.3) is 5.91 Å². The molecule has 0 spiro atoms. The molecule has 1 fully saturated rings. The van der Waals surface area contributed by atoms with Crippen molar-refractivity contribution < 1.29 is 9.21 Å². The first-order valence-corrected chi connectivity index (χ1v) is 9.12. The molecule has 1 aromatic heterocycles. The third-order valence-electron chi connectivity index (χ3n) is 5.02. The lowest BCUT2D eigenvalue weighted by Gasteiger charge is -2.30. The van der Waals surface area contributed by atoms with Gasteiger partial charge in [0.15, 0.2) is 5.76 Å². The van der Waals surface area contributed by atoms with Gasteiger partial charge >= 0.3 is 0 Å². The average Bonchev–Trinajstić information content (AvgIpc) is 3.19. The van der Waals surface area contributed by atoms with Crippen LogP contribution in [0, 0.1) is 5.92 Å². The van der Waals surface area contributed by atoms with Gasteiger partial charge < -0.3 is 9.32 Å². The smallest absolute Gasteiger partial charge is 0.254 e. The molecule has 2 heterocycles. The molecule has 1 saturated heterocycles. The van der Waals surface area contributed by atoms with Crippen molar-refractivity contribution in [3.63, 3.8) is 0 Å². The Bertz CT molecular complexity index is 893. The molecule has 0 unspecified atom stereocenters. The van der Waals surface area contributed by atoms with Crippen molar-refractivity contribution in [2.75, 3.05) is 13.1 Å². The number of carbonyl (C=O) groups excluding carboxylic acids is 1. The highest BCUT2D eigenvalue weighted by atomic mass is 16.4. The summed E-state index contributed by atoms with van der Waals surface area (Å²) in [4.78, 5) is 19.4. The van der Waals surface area contributed by atoms with Gasteiger partial charge in [-0.1, -0.05) is 49.4 Å². The molecular formula is C22H22N2O2. The third kappa shape index (κ3) is 3.27. The Kier molecular flexibility index (Phi) is 4.57. The number of carbonyl (C=O) groups is 1. The number of rotatable bonds is 3. The van der Waals surface area contributed by atoms with Gasteiger partial charge in [-0.3, -0.25) is 4.79 Å². The van der Waals surface area contributed by atoms with Crippen LogP contribution in [0.5, 0.6) is 0 Å². The van der Waals surface area contributed by atoms with Crippen molar-refractivity contribution in [1.29, 1.82) is 0 Å². The Morgan fingerprint density at radius 3 is 2.50 bits per heavy atom. The Labute approximate surface area is 153 Å². The van der Waals surface area contributed by atoms with Crippen molar-refractivity contribution in [3.05, 3.63) is 66.4 Å². The van der Waals surface area contributed by atoms with Gasteiger partial charge in [0.2, 0.25) is 5.89 Å². The summed E-state index contributed by atoms with van der Waals surface area (Å²) in [5.74, 6) is 1.94. The summed E-state index contributed by atoms with van der Waals surface area (Å²) in [7, 11) is 0. The molecule has 4 heteroatoms. The number of aromatic nitrogens is 1. The molecule has 0 bridgehead atoms. The lowest BCUT2D eigenvalue weighted by atomic mass is 9.98. The third-order valence-corrected chi connectivity index (χ3v) is 5.02. The van der Waals surface area contributed by atoms with E-state index in [1.807, 2.05) is 59.5 Å². The average molecular weight is 346 g/mol. The highest BCUT2D eigenvalue weighted by molar-refractivity contribution is 6.00. The summed E-state index contributed by atoms with van der Waals surface area (Å²) in [6, 6.07) is 17.4. The highest BCUT2D eigenvalue weighted by Gasteiger charge is 2.24. The maximum absolute atomic E-state index is 13.0. The Balaban J connectivity index is 1.64. The van der Waals surface area contributed by atoms with E-state index < -0.39 is 0 Å². The maximum atomic E-state index is 13.0. The number of hydrogen-bond donors (Lipinski definition) is 0. The first-order valence-electron chi connectivity index (χ1n) is 9.12. The molecule has 132 valence electrons. The van der Waals surface area contributed by atoms with Crippen molar-refractivity contribution in [2.45, 2.75) is 19.8 Å². The monoisotopic (exact) mass is 346 g/mol. The molecule has 0 saturated carbocycles. The summed E-state index contributed by atoms with van der Waals surface area (Å²) in [6.45, 7) is 3.87. The highest BCUT2D eigenvalue weighted by Crippen LogP contribution is 2.29. The van der Waals surface area contributed by atoms with Crippen molar-refractivity contribution in [3.8, 4) is 22.8 Å². The Hall–Kier alpha value is -2.88. The SMILES string of the molecule is CC1CCN(C(=O)c2ccccc2-c2ncc(-c3ccccc3)o2)CC1. The van der Waals surface area contributed by atoms with Crippen molar-refractivity contribution >= 4 is 5.91 Å². The first-order chi connectivity index (χ1) is 12.7. The van der Waals surface area contributed by atoms with E-state index in [-0.39, 0.29) is 5.91 Å². The van der Waals surface area contributed by atoms with E-state index in [0.717, 1.165) is 37.1 Å². The molecule has 0 N–H and O–H groups in total. The fourth-order valence-electron chi connectivity index (χ4n) is 3.37. The molecule has 0 radical (unpaired) electrons. The van der Waals surface area contributed by atoms with Crippen molar-refractivity contribution in [2.24, 2.45) is 5.92 Å². The zero-order valence-corrected chi connectivity index (χ0v) is 14.9. The largest absolute Gasteiger partial charge is 0.436 e. The van der Waals surface area contributed by atoms with Crippen LogP contribution in [0.1, 0.15) is 30.1 Å². The van der Waals surface area contributed by atoms with E-state index in [0.29, 0.717) is 23.1 Å². The standard InChI is InChI=1S/C22H22N2O2/c1-16-11-13-24(14-12-16)22(25)19-10-6-5-9-18(19)21-23-15-20(26-21)17-7-3-2-4-8-17/h2-10,15-16H,11-14H2,1H3. The molecule has 1 aliphatic rings. The summed E-state index contributed by atoms with van der Waals surface area (Å²) >= 11 is 0. The normalized spacial score (nSPS) is 15.2. The topological polar surface area (TPSA) is 46.3 Å². The second-order valence-electron chi connectivity index (χ2n) is 6.92. The van der Waals surface area contributed by atoms with Crippen LogP contribution < -0.4 is 0 Å². The van der Waals surface area contributed by atoms with E-state index in [4.69, 9.17) is 4.42 Å². The minimum absolute atomic E-state index is 0.0620. The number of nitrogens with zero attached hydrogens (tertiary/aromatic N) is 2. The second-order valence-corrected chi connectivity index (χ2v) is 6.92. The van der Waals surface area contributed by atoms with Gasteiger partial charge in [-0.15, -0.1) is 0 Å². The number of oxazole rings is 1. The number of piperidine rings is 1. The van der Waals surface area contributed by atoms with E-state index in [1.165, 1.54) is 0 Å². The van der Waals surface area contributed by atoms with Crippen LogP contribution in [0.25, 0.3) is 22.8 Å². The minimum atomic E-state index is 0.0620. The number of likely N-dealkylation sites (tertiary alicyclic amines) is 1. The zero-order valence-electron chi connectivity index (χ0n) is 14.9. The van der Waals surface area contributed by atoms with E-state index in [9.17, 15) is 4.79 Å². The number of benzene rings is 2. The van der Waals surface area contributed by atoms with Crippen LogP contribution in [0.15, 0.2) is 65.2 Å². The molecule has 0 atom stereocenters. The number of amides is 1. The van der Waals surface area contributed by atoms with Crippen LogP contribution in [0.2, 0.25) is 0 Å². The van der Waals surface area contributed by atoms with Crippen LogP contribution >= 0.6 is 0 Å². The van der Waals surface area contributed by atoms with Crippen molar-refractivity contribution in [1.82, 2.24) is 9.88 Å². The Morgan fingerprint density at radius 2 is 1.73 bits per heavy atom. The predicted molar refractivity (Wildman–Crippen MR) is 102 cm³/mol. The molecule has 0 aliphatic carbocycles.